The van der Waals surface area contributed by atoms with E-state index in [0.717, 1.165) is 25.8 Å². The summed E-state index contributed by atoms with van der Waals surface area (Å²) in [6.07, 6.45) is 5.60. The van der Waals surface area contributed by atoms with Gasteiger partial charge in [-0.15, -0.1) is 0 Å². The Balaban J connectivity index is 1.79. The van der Waals surface area contributed by atoms with Gasteiger partial charge in [-0.3, -0.25) is 0 Å². The number of nitrogens with one attached hydrogen (secondary N) is 1. The average molecular weight is 231 g/mol. The summed E-state index contributed by atoms with van der Waals surface area (Å²) in [6, 6.07) is 0. The van der Waals surface area contributed by atoms with Crippen LogP contribution in [0.5, 0.6) is 0 Å². The van der Waals surface area contributed by atoms with Gasteiger partial charge in [-0.1, -0.05) is 0 Å². The van der Waals surface area contributed by atoms with Crippen LogP contribution in [0.15, 0.2) is 0 Å². The van der Waals surface area contributed by atoms with E-state index in [4.69, 9.17) is 0 Å². The zero-order valence-electron chi connectivity index (χ0n) is 9.46. The molecule has 88 valence electrons. The van der Waals surface area contributed by atoms with Crippen molar-refractivity contribution in [2.75, 3.05) is 18.1 Å². The third kappa shape index (κ3) is 2.94. The van der Waals surface area contributed by atoms with Gasteiger partial charge in [0.2, 0.25) is 0 Å². The van der Waals surface area contributed by atoms with Crippen molar-refractivity contribution in [1.29, 1.82) is 0 Å². The van der Waals surface area contributed by atoms with Crippen LogP contribution in [0, 0.1) is 5.92 Å². The predicted molar refractivity (Wildman–Crippen MR) is 61.6 cm³/mol. The van der Waals surface area contributed by atoms with Crippen molar-refractivity contribution in [3.63, 3.8) is 0 Å². The third-order valence-corrected chi connectivity index (χ3v) is 5.73. The van der Waals surface area contributed by atoms with Gasteiger partial charge in [0.05, 0.1) is 11.5 Å². The molecule has 0 aromatic carbocycles. The summed E-state index contributed by atoms with van der Waals surface area (Å²) >= 11 is 0. The maximum absolute atomic E-state index is 11.3. The van der Waals surface area contributed by atoms with Gasteiger partial charge in [0, 0.05) is 5.54 Å². The van der Waals surface area contributed by atoms with Crippen molar-refractivity contribution >= 4 is 9.84 Å². The van der Waals surface area contributed by atoms with E-state index in [1.54, 1.807) is 0 Å². The van der Waals surface area contributed by atoms with Crippen LogP contribution in [0.2, 0.25) is 0 Å². The number of hydrogen-bond donors (Lipinski definition) is 1. The molecule has 0 amide bonds. The number of hydrogen-bond acceptors (Lipinski definition) is 3. The molecule has 2 aliphatic rings. The summed E-state index contributed by atoms with van der Waals surface area (Å²) in [7, 11) is -2.68. The first kappa shape index (κ1) is 11.4. The van der Waals surface area contributed by atoms with Gasteiger partial charge in [0.15, 0.2) is 9.84 Å². The second kappa shape index (κ2) is 4.06. The quantitative estimate of drug-likeness (QED) is 0.797. The van der Waals surface area contributed by atoms with E-state index in [1.807, 2.05) is 0 Å². The molecule has 4 heteroatoms. The lowest BCUT2D eigenvalue weighted by atomic mass is 9.89. The van der Waals surface area contributed by atoms with Gasteiger partial charge in [-0.2, -0.15) is 0 Å². The number of rotatable bonds is 3. The van der Waals surface area contributed by atoms with Gasteiger partial charge in [-0.05, 0) is 51.5 Å². The normalized spacial score (nSPS) is 39.7. The van der Waals surface area contributed by atoms with Crippen LogP contribution in [-0.2, 0) is 9.84 Å². The molecule has 0 saturated carbocycles. The molecule has 0 aromatic rings. The summed E-state index contributed by atoms with van der Waals surface area (Å²) in [5.41, 5.74) is 0.284. The van der Waals surface area contributed by atoms with E-state index in [0.29, 0.717) is 17.4 Å². The molecular weight excluding hydrogens is 210 g/mol. The van der Waals surface area contributed by atoms with Crippen molar-refractivity contribution in [2.45, 2.75) is 44.6 Å². The number of sulfone groups is 1. The molecule has 2 unspecified atom stereocenters. The van der Waals surface area contributed by atoms with E-state index < -0.39 is 9.84 Å². The first-order valence-electron chi connectivity index (χ1n) is 5.95. The molecule has 0 bridgehead atoms. The zero-order valence-corrected chi connectivity index (χ0v) is 10.3. The fourth-order valence-electron chi connectivity index (χ4n) is 2.79. The average Bonchev–Trinajstić information content (AvgIpc) is 2.70. The van der Waals surface area contributed by atoms with Gasteiger partial charge < -0.3 is 5.32 Å². The van der Waals surface area contributed by atoms with Crippen LogP contribution < -0.4 is 5.32 Å². The van der Waals surface area contributed by atoms with Crippen molar-refractivity contribution in [1.82, 2.24) is 5.32 Å². The Kier molecular flexibility index (Phi) is 3.08. The molecule has 0 aliphatic carbocycles. The highest BCUT2D eigenvalue weighted by Gasteiger charge is 2.32. The van der Waals surface area contributed by atoms with Gasteiger partial charge >= 0.3 is 0 Å². The summed E-state index contributed by atoms with van der Waals surface area (Å²) < 4.78 is 22.6. The molecule has 1 N–H and O–H groups in total. The lowest BCUT2D eigenvalue weighted by Gasteiger charge is -2.25. The summed E-state index contributed by atoms with van der Waals surface area (Å²) in [5, 5.41) is 3.53. The van der Waals surface area contributed by atoms with E-state index in [1.165, 1.54) is 12.8 Å². The molecule has 2 atom stereocenters. The summed E-state index contributed by atoms with van der Waals surface area (Å²) in [5.74, 6) is 1.28. The Labute approximate surface area is 92.6 Å². The Morgan fingerprint density at radius 1 is 1.47 bits per heavy atom. The second-order valence-electron chi connectivity index (χ2n) is 5.40. The molecule has 2 saturated heterocycles. The molecule has 2 aliphatic heterocycles. The smallest absolute Gasteiger partial charge is 0.150 e. The molecule has 3 nitrogen and oxygen atoms in total. The zero-order chi connectivity index (χ0) is 10.9. The van der Waals surface area contributed by atoms with Crippen molar-refractivity contribution in [2.24, 2.45) is 5.92 Å². The molecule has 0 radical (unpaired) electrons. The van der Waals surface area contributed by atoms with E-state index in [2.05, 4.69) is 12.2 Å². The molecule has 2 heterocycles. The predicted octanol–water partition coefficient (Wildman–Crippen LogP) is 1.34. The van der Waals surface area contributed by atoms with E-state index in [-0.39, 0.29) is 5.54 Å². The SMILES string of the molecule is CC1(CCC2CCS(=O)(=O)C2)CCCN1. The minimum Gasteiger partial charge on any atom is -0.312 e. The maximum Gasteiger partial charge on any atom is 0.150 e. The minimum atomic E-state index is -2.68. The van der Waals surface area contributed by atoms with Crippen LogP contribution in [0.25, 0.3) is 0 Å². The first-order chi connectivity index (χ1) is 6.99. The summed E-state index contributed by atoms with van der Waals surface area (Å²) in [4.78, 5) is 0. The van der Waals surface area contributed by atoms with Crippen LogP contribution in [0.4, 0.5) is 0 Å². The van der Waals surface area contributed by atoms with E-state index in [9.17, 15) is 8.42 Å². The Morgan fingerprint density at radius 3 is 2.80 bits per heavy atom. The lowest BCUT2D eigenvalue weighted by molar-refractivity contribution is 0.342. The van der Waals surface area contributed by atoms with Gasteiger partial charge in [0.1, 0.15) is 0 Å². The minimum absolute atomic E-state index is 0.284. The van der Waals surface area contributed by atoms with Crippen LogP contribution in [-0.4, -0.2) is 32.0 Å². The topological polar surface area (TPSA) is 46.2 Å². The maximum atomic E-state index is 11.3. The fourth-order valence-corrected chi connectivity index (χ4v) is 4.70. The molecular formula is C11H21NO2S. The summed E-state index contributed by atoms with van der Waals surface area (Å²) in [6.45, 7) is 3.39. The Bertz CT molecular complexity index is 317. The fraction of sp³-hybridized carbons (Fsp3) is 1.00. The van der Waals surface area contributed by atoms with Gasteiger partial charge in [-0.25, -0.2) is 8.42 Å². The van der Waals surface area contributed by atoms with Crippen molar-refractivity contribution in [3.05, 3.63) is 0 Å². The molecule has 2 rings (SSSR count). The molecule has 15 heavy (non-hydrogen) atoms. The Morgan fingerprint density at radius 2 is 2.27 bits per heavy atom. The standard InChI is InChI=1S/C11H21NO2S/c1-11(5-2-7-12-11)6-3-10-4-8-15(13,14)9-10/h10,12H,2-9H2,1H3. The first-order valence-corrected chi connectivity index (χ1v) is 7.77. The molecule has 0 aromatic heterocycles. The van der Waals surface area contributed by atoms with Gasteiger partial charge in [0.25, 0.3) is 0 Å². The monoisotopic (exact) mass is 231 g/mol. The molecule has 2 fully saturated rings. The van der Waals surface area contributed by atoms with Crippen LogP contribution in [0.1, 0.15) is 39.0 Å². The van der Waals surface area contributed by atoms with Crippen molar-refractivity contribution in [3.8, 4) is 0 Å². The Hall–Kier alpha value is -0.0900. The second-order valence-corrected chi connectivity index (χ2v) is 7.63. The largest absolute Gasteiger partial charge is 0.312 e. The highest BCUT2D eigenvalue weighted by molar-refractivity contribution is 7.91. The van der Waals surface area contributed by atoms with E-state index >= 15 is 0 Å². The highest BCUT2D eigenvalue weighted by atomic mass is 32.2. The van der Waals surface area contributed by atoms with Crippen LogP contribution in [0.3, 0.4) is 0 Å². The molecule has 0 spiro atoms. The highest BCUT2D eigenvalue weighted by Crippen LogP contribution is 2.29. The third-order valence-electron chi connectivity index (χ3n) is 3.89. The van der Waals surface area contributed by atoms with Crippen LogP contribution >= 0.6 is 0 Å². The van der Waals surface area contributed by atoms with Crippen molar-refractivity contribution < 1.29 is 8.42 Å². The lowest BCUT2D eigenvalue weighted by Crippen LogP contribution is -2.36.